The van der Waals surface area contributed by atoms with Gasteiger partial charge in [0.25, 0.3) is 0 Å². The Hall–Kier alpha value is -3.04. The Bertz CT molecular complexity index is 1130. The van der Waals surface area contributed by atoms with E-state index >= 15 is 0 Å². The third-order valence-corrected chi connectivity index (χ3v) is 6.59. The summed E-state index contributed by atoms with van der Waals surface area (Å²) in [5.41, 5.74) is 2.90. The molecule has 0 spiro atoms. The Kier molecular flexibility index (Phi) is 6.43. The molecule has 1 aromatic heterocycles. The first-order valence-electron chi connectivity index (χ1n) is 9.46. The van der Waals surface area contributed by atoms with Gasteiger partial charge in [-0.05, 0) is 42.8 Å². The van der Waals surface area contributed by atoms with Crippen LogP contribution in [-0.2, 0) is 11.2 Å². The zero-order chi connectivity index (χ0) is 21.8. The Balaban J connectivity index is 1.31. The van der Waals surface area contributed by atoms with Crippen LogP contribution >= 0.6 is 23.1 Å². The summed E-state index contributed by atoms with van der Waals surface area (Å²) in [5, 5.41) is 4.69. The van der Waals surface area contributed by atoms with E-state index in [-0.39, 0.29) is 30.7 Å². The number of thioether (sulfide) groups is 1. The number of aromatic nitrogens is 1. The van der Waals surface area contributed by atoms with E-state index in [0.717, 1.165) is 9.90 Å². The van der Waals surface area contributed by atoms with E-state index < -0.39 is 0 Å². The van der Waals surface area contributed by atoms with Crippen LogP contribution in [0.2, 0.25) is 0 Å². The van der Waals surface area contributed by atoms with Gasteiger partial charge in [-0.25, -0.2) is 4.98 Å². The highest BCUT2D eigenvalue weighted by Gasteiger charge is 2.17. The first-order valence-corrected chi connectivity index (χ1v) is 11.3. The monoisotopic (exact) mass is 456 g/mol. The lowest BCUT2D eigenvalue weighted by Gasteiger charge is -2.10. The molecule has 1 aliphatic heterocycles. The van der Waals surface area contributed by atoms with Crippen LogP contribution < -0.4 is 19.5 Å². The Morgan fingerprint density at radius 1 is 1.19 bits per heavy atom. The molecular formula is C22H20N2O5S2. The van der Waals surface area contributed by atoms with Gasteiger partial charge >= 0.3 is 0 Å². The van der Waals surface area contributed by atoms with Crippen molar-refractivity contribution in [2.24, 2.45) is 0 Å². The normalized spacial score (nSPS) is 11.9. The molecule has 4 rings (SSSR count). The Morgan fingerprint density at radius 3 is 2.87 bits per heavy atom. The van der Waals surface area contributed by atoms with E-state index in [1.54, 1.807) is 25.3 Å². The van der Waals surface area contributed by atoms with Crippen LogP contribution in [0.5, 0.6) is 17.2 Å². The highest BCUT2D eigenvalue weighted by atomic mass is 32.2. The van der Waals surface area contributed by atoms with Crippen molar-refractivity contribution >= 4 is 40.5 Å². The number of carbonyl (C=O) groups excluding carboxylic acids is 2. The Labute approximate surface area is 187 Å². The van der Waals surface area contributed by atoms with Crippen molar-refractivity contribution in [3.05, 3.63) is 58.6 Å². The molecule has 2 aromatic carbocycles. The van der Waals surface area contributed by atoms with Crippen molar-refractivity contribution in [1.82, 2.24) is 4.98 Å². The number of aryl methyl sites for hydroxylation is 1. The fraction of sp³-hybridized carbons (Fsp3) is 0.227. The number of hydrogen-bond donors (Lipinski definition) is 1. The van der Waals surface area contributed by atoms with Gasteiger partial charge in [0, 0.05) is 10.9 Å². The molecule has 0 unspecified atom stereocenters. The van der Waals surface area contributed by atoms with E-state index in [0.29, 0.717) is 34.2 Å². The summed E-state index contributed by atoms with van der Waals surface area (Å²) in [7, 11) is 1.57. The van der Waals surface area contributed by atoms with Crippen LogP contribution in [0.25, 0.3) is 0 Å². The van der Waals surface area contributed by atoms with Gasteiger partial charge in [-0.1, -0.05) is 17.8 Å². The van der Waals surface area contributed by atoms with Crippen molar-refractivity contribution in [1.29, 1.82) is 0 Å². The second-order valence-electron chi connectivity index (χ2n) is 6.81. The lowest BCUT2D eigenvalue weighted by molar-refractivity contribution is -0.115. The first kappa shape index (κ1) is 21.2. The van der Waals surface area contributed by atoms with Crippen LogP contribution in [0.3, 0.4) is 0 Å². The zero-order valence-electron chi connectivity index (χ0n) is 17.0. The van der Waals surface area contributed by atoms with E-state index in [9.17, 15) is 9.59 Å². The molecule has 31 heavy (non-hydrogen) atoms. The number of Topliss-reactive ketones (excluding diaryl/α,β-unsaturated/α-hetero) is 1. The van der Waals surface area contributed by atoms with E-state index in [1.165, 1.54) is 23.1 Å². The SMILES string of the molecule is COc1cc(C)ccc1NC(=O)Cc1csc(SCC(=O)c2ccc3c(c2)OCO3)n1. The van der Waals surface area contributed by atoms with Crippen molar-refractivity contribution in [3.8, 4) is 17.2 Å². The molecule has 9 heteroatoms. The van der Waals surface area contributed by atoms with Crippen LogP contribution in [0.4, 0.5) is 5.69 Å². The maximum atomic E-state index is 12.5. The quantitative estimate of drug-likeness (QED) is 0.398. The molecular weight excluding hydrogens is 436 g/mol. The second kappa shape index (κ2) is 9.40. The summed E-state index contributed by atoms with van der Waals surface area (Å²) >= 11 is 2.77. The van der Waals surface area contributed by atoms with E-state index in [2.05, 4.69) is 10.3 Å². The number of hydrogen-bond acceptors (Lipinski definition) is 8. The zero-order valence-corrected chi connectivity index (χ0v) is 18.6. The summed E-state index contributed by atoms with van der Waals surface area (Å²) in [5.74, 6) is 1.90. The fourth-order valence-electron chi connectivity index (χ4n) is 2.98. The van der Waals surface area contributed by atoms with Crippen molar-refractivity contribution in [2.75, 3.05) is 25.0 Å². The number of rotatable bonds is 8. The van der Waals surface area contributed by atoms with Crippen LogP contribution in [-0.4, -0.2) is 36.3 Å². The average Bonchev–Trinajstić information content (AvgIpc) is 3.41. The van der Waals surface area contributed by atoms with Crippen LogP contribution in [0.1, 0.15) is 21.6 Å². The molecule has 1 amide bonds. The number of carbonyl (C=O) groups is 2. The molecule has 0 radical (unpaired) electrons. The topological polar surface area (TPSA) is 86.8 Å². The third-order valence-electron chi connectivity index (χ3n) is 4.52. The lowest BCUT2D eigenvalue weighted by atomic mass is 10.1. The molecule has 0 bridgehead atoms. The smallest absolute Gasteiger partial charge is 0.231 e. The minimum Gasteiger partial charge on any atom is -0.495 e. The van der Waals surface area contributed by atoms with Gasteiger partial charge in [-0.3, -0.25) is 9.59 Å². The molecule has 0 saturated heterocycles. The average molecular weight is 457 g/mol. The van der Waals surface area contributed by atoms with Gasteiger partial charge in [0.05, 0.1) is 30.7 Å². The molecule has 1 aliphatic rings. The Morgan fingerprint density at radius 2 is 2.03 bits per heavy atom. The molecule has 7 nitrogen and oxygen atoms in total. The van der Waals surface area contributed by atoms with Crippen molar-refractivity contribution in [3.63, 3.8) is 0 Å². The summed E-state index contributed by atoms with van der Waals surface area (Å²) < 4.78 is 16.6. The van der Waals surface area contributed by atoms with Gasteiger partial charge in [0.15, 0.2) is 21.6 Å². The van der Waals surface area contributed by atoms with Crippen LogP contribution in [0.15, 0.2) is 46.1 Å². The molecule has 0 fully saturated rings. The number of nitrogens with one attached hydrogen (secondary N) is 1. The van der Waals surface area contributed by atoms with Crippen molar-refractivity contribution < 1.29 is 23.8 Å². The summed E-state index contributed by atoms with van der Waals surface area (Å²) in [6, 6.07) is 10.8. The van der Waals surface area contributed by atoms with Gasteiger partial charge in [-0.15, -0.1) is 11.3 Å². The summed E-state index contributed by atoms with van der Waals surface area (Å²) in [6.45, 7) is 2.13. The minimum atomic E-state index is -0.180. The summed E-state index contributed by atoms with van der Waals surface area (Å²) in [6.07, 6.45) is 0.143. The number of methoxy groups -OCH3 is 1. The number of ether oxygens (including phenoxy) is 3. The highest BCUT2D eigenvalue weighted by molar-refractivity contribution is 8.01. The van der Waals surface area contributed by atoms with Gasteiger partial charge in [0.2, 0.25) is 12.7 Å². The van der Waals surface area contributed by atoms with Gasteiger partial charge in [0.1, 0.15) is 5.75 Å². The minimum absolute atomic E-state index is 0.0238. The number of benzene rings is 2. The number of ketones is 1. The predicted molar refractivity (Wildman–Crippen MR) is 120 cm³/mol. The number of fused-ring (bicyclic) bond motifs is 1. The molecule has 3 aromatic rings. The fourth-order valence-corrected chi connectivity index (χ4v) is 4.72. The molecule has 0 saturated carbocycles. The third kappa shape index (κ3) is 5.18. The van der Waals surface area contributed by atoms with Gasteiger partial charge < -0.3 is 19.5 Å². The molecule has 1 N–H and O–H groups in total. The lowest BCUT2D eigenvalue weighted by Crippen LogP contribution is -2.15. The van der Waals surface area contributed by atoms with Crippen molar-refractivity contribution in [2.45, 2.75) is 17.7 Å². The molecule has 0 aliphatic carbocycles. The van der Waals surface area contributed by atoms with Gasteiger partial charge in [-0.2, -0.15) is 0 Å². The van der Waals surface area contributed by atoms with E-state index in [4.69, 9.17) is 14.2 Å². The second-order valence-corrected chi connectivity index (χ2v) is 8.89. The van der Waals surface area contributed by atoms with E-state index in [1.807, 2.05) is 30.5 Å². The maximum absolute atomic E-state index is 12.5. The summed E-state index contributed by atoms with van der Waals surface area (Å²) in [4.78, 5) is 29.3. The molecule has 0 atom stereocenters. The molecule has 2 heterocycles. The predicted octanol–water partition coefficient (Wildman–Crippen LogP) is 4.35. The van der Waals surface area contributed by atoms with Crippen LogP contribution in [0, 0.1) is 6.92 Å². The maximum Gasteiger partial charge on any atom is 0.231 e. The first-order chi connectivity index (χ1) is 15.0. The number of nitrogens with zero attached hydrogens (tertiary/aromatic N) is 1. The highest BCUT2D eigenvalue weighted by Crippen LogP contribution is 2.33. The largest absolute Gasteiger partial charge is 0.495 e. The number of amides is 1. The number of anilines is 1. The standard InChI is InChI=1S/C22H20N2O5S2/c1-13-3-5-16(19(7-13)27-2)24-21(26)9-15-10-30-22(23-15)31-11-17(25)14-4-6-18-20(8-14)29-12-28-18/h3-8,10H,9,11-12H2,1-2H3,(H,24,26). The number of thiazole rings is 1. The molecule has 160 valence electrons.